The van der Waals surface area contributed by atoms with Gasteiger partial charge in [-0.15, -0.1) is 0 Å². The fourth-order valence-corrected chi connectivity index (χ4v) is 7.77. The lowest BCUT2D eigenvalue weighted by atomic mass is 10.0. The molecule has 57 heavy (non-hydrogen) atoms. The van der Waals surface area contributed by atoms with Crippen LogP contribution in [0.2, 0.25) is 0 Å². The number of phosphoric acid groups is 1. The molecule has 0 aromatic carbocycles. The summed E-state index contributed by atoms with van der Waals surface area (Å²) in [6.45, 7) is 4.63. The number of unbranched alkanes of at least 4 members (excludes halogenated alkanes) is 29. The van der Waals surface area contributed by atoms with Gasteiger partial charge in [-0.25, -0.2) is 0 Å². The van der Waals surface area contributed by atoms with Crippen molar-refractivity contribution in [1.29, 1.82) is 0 Å². The third-order valence-corrected chi connectivity index (χ3v) is 11.9. The van der Waals surface area contributed by atoms with Gasteiger partial charge in [0.2, 0.25) is 5.91 Å². The number of rotatable bonds is 44. The van der Waals surface area contributed by atoms with Gasteiger partial charge in [-0.1, -0.05) is 212 Å². The van der Waals surface area contributed by atoms with Crippen LogP contribution in [-0.4, -0.2) is 68.5 Å². The van der Waals surface area contributed by atoms with Crippen molar-refractivity contribution < 1.29 is 32.9 Å². The van der Waals surface area contributed by atoms with Gasteiger partial charge in [0, 0.05) is 6.42 Å². The van der Waals surface area contributed by atoms with Crippen LogP contribution in [0, 0.1) is 0 Å². The number of hydrogen-bond acceptors (Lipinski definition) is 6. The number of quaternary nitrogens is 1. The first-order valence-corrected chi connectivity index (χ1v) is 25.7. The third kappa shape index (κ3) is 42.9. The first kappa shape index (κ1) is 56.0. The SMILES string of the molecule is CCCCCCCCCCCCCCCCCCC/C=C/CC/C=C/C(O)C(COP(=O)([O-])OCC[N+](C)(C)C)NC(=O)CCCCCCCCCCCCCC. The van der Waals surface area contributed by atoms with Gasteiger partial charge in [0.15, 0.2) is 0 Å². The van der Waals surface area contributed by atoms with E-state index in [1.54, 1.807) is 6.08 Å². The number of nitrogens with zero attached hydrogens (tertiary/aromatic N) is 1. The summed E-state index contributed by atoms with van der Waals surface area (Å²) in [5.74, 6) is -0.206. The number of aliphatic hydroxyl groups is 1. The second kappa shape index (κ2) is 40.4. The van der Waals surface area contributed by atoms with Crippen LogP contribution >= 0.6 is 7.82 Å². The molecule has 0 aliphatic carbocycles. The van der Waals surface area contributed by atoms with E-state index in [0.717, 1.165) is 38.5 Å². The average molecular weight is 827 g/mol. The van der Waals surface area contributed by atoms with Crippen molar-refractivity contribution in [2.24, 2.45) is 0 Å². The first-order chi connectivity index (χ1) is 27.5. The highest BCUT2D eigenvalue weighted by Crippen LogP contribution is 2.38. The Labute approximate surface area is 354 Å². The molecule has 1 amide bonds. The number of amides is 1. The van der Waals surface area contributed by atoms with Crippen molar-refractivity contribution >= 4 is 13.7 Å². The smallest absolute Gasteiger partial charge is 0.268 e. The molecule has 9 heteroatoms. The molecule has 0 rings (SSSR count). The molecule has 0 aliphatic rings. The number of nitrogens with one attached hydrogen (secondary N) is 1. The van der Waals surface area contributed by atoms with Gasteiger partial charge < -0.3 is 28.8 Å². The van der Waals surface area contributed by atoms with Gasteiger partial charge in [-0.2, -0.15) is 0 Å². The van der Waals surface area contributed by atoms with E-state index < -0.39 is 20.0 Å². The average Bonchev–Trinajstić information content (AvgIpc) is 3.16. The second-order valence-electron chi connectivity index (χ2n) is 17.8. The largest absolute Gasteiger partial charge is 0.756 e. The number of hydrogen-bond donors (Lipinski definition) is 2. The molecule has 0 radical (unpaired) electrons. The number of allylic oxidation sites excluding steroid dienone is 3. The Morgan fingerprint density at radius 3 is 1.42 bits per heavy atom. The van der Waals surface area contributed by atoms with E-state index in [0.29, 0.717) is 17.4 Å². The number of phosphoric ester groups is 1. The molecule has 0 aromatic rings. The Balaban J connectivity index is 4.32. The van der Waals surface area contributed by atoms with E-state index in [2.05, 4.69) is 31.3 Å². The van der Waals surface area contributed by atoms with Crippen LogP contribution in [0.4, 0.5) is 0 Å². The zero-order valence-electron chi connectivity index (χ0n) is 38.3. The van der Waals surface area contributed by atoms with E-state index in [4.69, 9.17) is 9.05 Å². The maximum absolute atomic E-state index is 12.8. The minimum absolute atomic E-state index is 0.00422. The van der Waals surface area contributed by atoms with Crippen LogP contribution in [0.5, 0.6) is 0 Å². The van der Waals surface area contributed by atoms with Crippen molar-refractivity contribution in [3.05, 3.63) is 24.3 Å². The van der Waals surface area contributed by atoms with Crippen molar-refractivity contribution in [3.63, 3.8) is 0 Å². The molecule has 0 aliphatic heterocycles. The molecular formula is C48H95N2O6P. The van der Waals surface area contributed by atoms with Gasteiger partial charge in [0.1, 0.15) is 13.2 Å². The zero-order chi connectivity index (χ0) is 42.1. The lowest BCUT2D eigenvalue weighted by Gasteiger charge is -2.29. The monoisotopic (exact) mass is 827 g/mol. The normalized spacial score (nSPS) is 14.4. The maximum Gasteiger partial charge on any atom is 0.268 e. The van der Waals surface area contributed by atoms with Crippen LogP contribution in [0.15, 0.2) is 24.3 Å². The summed E-state index contributed by atoms with van der Waals surface area (Å²) < 4.78 is 23.2. The fourth-order valence-electron chi connectivity index (χ4n) is 7.05. The summed E-state index contributed by atoms with van der Waals surface area (Å²) >= 11 is 0. The molecule has 0 bridgehead atoms. The van der Waals surface area contributed by atoms with E-state index >= 15 is 0 Å². The molecule has 0 spiro atoms. The van der Waals surface area contributed by atoms with Gasteiger partial charge in [-0.3, -0.25) is 9.36 Å². The molecule has 8 nitrogen and oxygen atoms in total. The highest BCUT2D eigenvalue weighted by molar-refractivity contribution is 7.45. The Morgan fingerprint density at radius 2 is 0.982 bits per heavy atom. The summed E-state index contributed by atoms with van der Waals surface area (Å²) in [7, 11) is 1.25. The summed E-state index contributed by atoms with van der Waals surface area (Å²) in [5, 5.41) is 13.8. The van der Waals surface area contributed by atoms with E-state index in [1.807, 2.05) is 27.2 Å². The number of aliphatic hydroxyl groups excluding tert-OH is 1. The van der Waals surface area contributed by atoms with E-state index in [1.165, 1.54) is 167 Å². The van der Waals surface area contributed by atoms with Gasteiger partial charge in [-0.05, 0) is 32.1 Å². The summed E-state index contributed by atoms with van der Waals surface area (Å²) in [5.41, 5.74) is 0. The van der Waals surface area contributed by atoms with Crippen LogP contribution in [0.3, 0.4) is 0 Å². The van der Waals surface area contributed by atoms with Gasteiger partial charge in [0.05, 0.1) is 39.9 Å². The Morgan fingerprint density at radius 1 is 0.596 bits per heavy atom. The minimum Gasteiger partial charge on any atom is -0.756 e. The Kier molecular flexibility index (Phi) is 39.7. The van der Waals surface area contributed by atoms with Gasteiger partial charge >= 0.3 is 0 Å². The number of carbonyl (C=O) groups excluding carboxylic acids is 1. The number of likely N-dealkylation sites (N-methyl/N-ethyl adjacent to an activating group) is 1. The molecule has 0 saturated carbocycles. The summed E-state index contributed by atoms with van der Waals surface area (Å²) in [4.78, 5) is 25.3. The Bertz CT molecular complexity index is 984. The summed E-state index contributed by atoms with van der Waals surface area (Å²) in [6, 6.07) is -0.898. The minimum atomic E-state index is -4.59. The molecule has 3 unspecified atom stereocenters. The highest BCUT2D eigenvalue weighted by atomic mass is 31.2. The maximum atomic E-state index is 12.8. The lowest BCUT2D eigenvalue weighted by Crippen LogP contribution is -2.45. The van der Waals surface area contributed by atoms with E-state index in [9.17, 15) is 19.4 Å². The molecule has 338 valence electrons. The van der Waals surface area contributed by atoms with Crippen LogP contribution in [0.1, 0.15) is 226 Å². The van der Waals surface area contributed by atoms with Crippen molar-refractivity contribution in [2.75, 3.05) is 40.9 Å². The zero-order valence-corrected chi connectivity index (χ0v) is 39.2. The molecule has 0 saturated heterocycles. The van der Waals surface area contributed by atoms with Crippen LogP contribution < -0.4 is 10.2 Å². The molecule has 0 aromatic heterocycles. The quantitative estimate of drug-likeness (QED) is 0.0274. The highest BCUT2D eigenvalue weighted by Gasteiger charge is 2.23. The third-order valence-electron chi connectivity index (χ3n) is 10.9. The molecule has 2 N–H and O–H groups in total. The van der Waals surface area contributed by atoms with Crippen LogP contribution in [-0.2, 0) is 18.4 Å². The predicted octanol–water partition coefficient (Wildman–Crippen LogP) is 13.1. The molecule has 0 fully saturated rings. The molecule has 0 heterocycles. The topological polar surface area (TPSA) is 108 Å². The Hall–Kier alpha value is -1.02. The number of carbonyl (C=O) groups is 1. The summed E-state index contributed by atoms with van der Waals surface area (Å²) in [6.07, 6.45) is 48.1. The van der Waals surface area contributed by atoms with Crippen molar-refractivity contribution in [1.82, 2.24) is 5.32 Å². The fraction of sp³-hybridized carbons (Fsp3) is 0.896. The van der Waals surface area contributed by atoms with Gasteiger partial charge in [0.25, 0.3) is 7.82 Å². The van der Waals surface area contributed by atoms with Crippen molar-refractivity contribution in [2.45, 2.75) is 238 Å². The second-order valence-corrected chi connectivity index (χ2v) is 19.2. The van der Waals surface area contributed by atoms with Crippen LogP contribution in [0.25, 0.3) is 0 Å². The first-order valence-electron chi connectivity index (χ1n) is 24.2. The van der Waals surface area contributed by atoms with E-state index in [-0.39, 0.29) is 19.1 Å². The lowest BCUT2D eigenvalue weighted by molar-refractivity contribution is -0.870. The van der Waals surface area contributed by atoms with Crippen molar-refractivity contribution in [3.8, 4) is 0 Å². The predicted molar refractivity (Wildman–Crippen MR) is 242 cm³/mol. The standard InChI is InChI=1S/C48H95N2O6P/c1-6-8-10-12-14-16-18-20-21-22-23-24-25-26-27-28-29-30-31-33-35-37-39-41-47(51)46(45-56-57(53,54)55-44-43-50(3,4)5)49-48(52)42-40-38-36-34-32-19-17-15-13-11-9-7-2/h31,33,39,41,46-47,51H,6-30,32,34-38,40,42-45H2,1-5H3,(H-,49,52,53,54)/b33-31+,41-39+. The molecular weight excluding hydrogens is 732 g/mol. The molecule has 3 atom stereocenters.